The number of nitrogens with zero attached hydrogens (tertiary/aromatic N) is 3. The smallest absolute Gasteiger partial charge is 0.0785 e. The van der Waals surface area contributed by atoms with Crippen molar-refractivity contribution in [2.45, 2.75) is 25.3 Å². The first kappa shape index (κ1) is 7.04. The lowest BCUT2D eigenvalue weighted by molar-refractivity contribution is -0.0663. The van der Waals surface area contributed by atoms with E-state index in [1.807, 2.05) is 0 Å². The Morgan fingerprint density at radius 3 is 2.58 bits per heavy atom. The fourth-order valence-electron chi connectivity index (χ4n) is 2.24. The van der Waals surface area contributed by atoms with Crippen LogP contribution in [0.1, 0.15) is 19.3 Å². The highest BCUT2D eigenvalue weighted by molar-refractivity contribution is 6.01. The average molecular weight is 165 g/mol. The topological polar surface area (TPSA) is 18.8 Å². The Bertz CT molecular complexity index is 220. The molecule has 0 aromatic rings. The summed E-state index contributed by atoms with van der Waals surface area (Å²) in [7, 11) is 0. The van der Waals surface area contributed by atoms with Crippen molar-refractivity contribution < 1.29 is 0 Å². The van der Waals surface area contributed by atoms with Crippen LogP contribution in [0.4, 0.5) is 0 Å². The van der Waals surface area contributed by atoms with Crippen LogP contribution in [-0.2, 0) is 0 Å². The van der Waals surface area contributed by atoms with Crippen molar-refractivity contribution in [1.82, 2.24) is 10.0 Å². The van der Waals surface area contributed by atoms with Crippen molar-refractivity contribution in [2.75, 3.05) is 26.2 Å². The monoisotopic (exact) mass is 165 g/mol. The molecule has 3 rings (SSSR count). The van der Waals surface area contributed by atoms with E-state index in [0.717, 1.165) is 6.54 Å². The molecule has 2 fully saturated rings. The highest BCUT2D eigenvalue weighted by Crippen LogP contribution is 2.26. The molecule has 0 bridgehead atoms. The highest BCUT2D eigenvalue weighted by Gasteiger charge is 2.37. The van der Waals surface area contributed by atoms with Crippen LogP contribution in [0.5, 0.6) is 0 Å². The summed E-state index contributed by atoms with van der Waals surface area (Å²) in [6.07, 6.45) is 4.09. The number of hydrogen-bond donors (Lipinski definition) is 0. The summed E-state index contributed by atoms with van der Waals surface area (Å²) in [5.41, 5.74) is 1.46. The Kier molecular flexibility index (Phi) is 1.49. The second kappa shape index (κ2) is 2.54. The van der Waals surface area contributed by atoms with Gasteiger partial charge in [0.25, 0.3) is 0 Å². The Hall–Kier alpha value is -0.410. The summed E-state index contributed by atoms with van der Waals surface area (Å²) in [4.78, 5) is 4.32. The van der Waals surface area contributed by atoms with E-state index in [9.17, 15) is 0 Å². The van der Waals surface area contributed by atoms with Gasteiger partial charge in [0.1, 0.15) is 0 Å². The molecule has 0 aromatic heterocycles. The average Bonchev–Trinajstić information content (AvgIpc) is 2.70. The SMILES string of the molecule is C1CN(N2CCCC2C2=NC2)C1. The van der Waals surface area contributed by atoms with Crippen molar-refractivity contribution >= 4 is 5.71 Å². The molecular formula is C9H15N3. The molecule has 12 heavy (non-hydrogen) atoms. The lowest BCUT2D eigenvalue weighted by Crippen LogP contribution is -2.53. The molecule has 3 heterocycles. The van der Waals surface area contributed by atoms with Crippen molar-refractivity contribution in [1.29, 1.82) is 0 Å². The standard InChI is InChI=1S/C9H15N3/c1-3-9(8-7-10-8)12(6-1)11-4-2-5-11/h9H,1-7H2. The van der Waals surface area contributed by atoms with E-state index < -0.39 is 0 Å². The second-order valence-electron chi connectivity index (χ2n) is 3.94. The fraction of sp³-hybridized carbons (Fsp3) is 0.889. The molecule has 3 nitrogen and oxygen atoms in total. The molecule has 1 unspecified atom stereocenters. The first-order valence-corrected chi connectivity index (χ1v) is 5.00. The third-order valence-corrected chi connectivity index (χ3v) is 3.15. The van der Waals surface area contributed by atoms with Crippen LogP contribution in [0.15, 0.2) is 4.99 Å². The van der Waals surface area contributed by atoms with Gasteiger partial charge < -0.3 is 0 Å². The van der Waals surface area contributed by atoms with Crippen LogP contribution in [0.25, 0.3) is 0 Å². The van der Waals surface area contributed by atoms with Gasteiger partial charge in [-0.1, -0.05) is 0 Å². The van der Waals surface area contributed by atoms with E-state index in [1.165, 1.54) is 44.6 Å². The third-order valence-electron chi connectivity index (χ3n) is 3.15. The molecule has 66 valence electrons. The maximum atomic E-state index is 4.32. The Morgan fingerprint density at radius 1 is 1.17 bits per heavy atom. The summed E-state index contributed by atoms with van der Waals surface area (Å²) in [6.45, 7) is 4.88. The number of rotatable bonds is 2. The van der Waals surface area contributed by atoms with E-state index >= 15 is 0 Å². The minimum Gasteiger partial charge on any atom is -0.284 e. The predicted octanol–water partition coefficient (Wildman–Crippen LogP) is 0.526. The third kappa shape index (κ3) is 1.00. The van der Waals surface area contributed by atoms with Gasteiger partial charge in [-0.05, 0) is 19.3 Å². The van der Waals surface area contributed by atoms with Gasteiger partial charge in [-0.2, -0.15) is 0 Å². The number of hydrogen-bond acceptors (Lipinski definition) is 3. The maximum Gasteiger partial charge on any atom is 0.0785 e. The van der Waals surface area contributed by atoms with Crippen LogP contribution in [-0.4, -0.2) is 48.0 Å². The summed E-state index contributed by atoms with van der Waals surface area (Å²) in [5.74, 6) is 0. The Morgan fingerprint density at radius 2 is 2.00 bits per heavy atom. The van der Waals surface area contributed by atoms with E-state index in [-0.39, 0.29) is 0 Å². The predicted molar refractivity (Wildman–Crippen MR) is 48.2 cm³/mol. The molecule has 3 aliphatic rings. The number of aliphatic imine (C=N–C) groups is 1. The van der Waals surface area contributed by atoms with Crippen molar-refractivity contribution in [3.05, 3.63) is 0 Å². The van der Waals surface area contributed by atoms with Gasteiger partial charge in [0.05, 0.1) is 18.3 Å². The van der Waals surface area contributed by atoms with Crippen molar-refractivity contribution in [3.8, 4) is 0 Å². The molecule has 0 aromatic carbocycles. The lowest BCUT2D eigenvalue weighted by atomic mass is 10.2. The van der Waals surface area contributed by atoms with E-state index in [2.05, 4.69) is 15.0 Å². The molecule has 2 saturated heterocycles. The molecule has 0 amide bonds. The van der Waals surface area contributed by atoms with Gasteiger partial charge >= 0.3 is 0 Å². The summed E-state index contributed by atoms with van der Waals surface area (Å²) in [5, 5.41) is 5.05. The molecule has 1 atom stereocenters. The zero-order valence-corrected chi connectivity index (χ0v) is 7.37. The fourth-order valence-corrected chi connectivity index (χ4v) is 2.24. The minimum atomic E-state index is 0.699. The van der Waals surface area contributed by atoms with Crippen LogP contribution < -0.4 is 0 Å². The van der Waals surface area contributed by atoms with Gasteiger partial charge in [0.2, 0.25) is 0 Å². The van der Waals surface area contributed by atoms with Gasteiger partial charge in [-0.25, -0.2) is 10.0 Å². The highest BCUT2D eigenvalue weighted by atomic mass is 15.7. The van der Waals surface area contributed by atoms with E-state index in [1.54, 1.807) is 0 Å². The molecule has 0 aliphatic carbocycles. The van der Waals surface area contributed by atoms with Gasteiger partial charge in [-0.3, -0.25) is 4.99 Å². The zero-order valence-electron chi connectivity index (χ0n) is 7.37. The first-order chi connectivity index (χ1) is 5.95. The molecule has 0 spiro atoms. The molecular weight excluding hydrogens is 150 g/mol. The van der Waals surface area contributed by atoms with E-state index in [4.69, 9.17) is 0 Å². The molecule has 0 saturated carbocycles. The van der Waals surface area contributed by atoms with Gasteiger partial charge in [0.15, 0.2) is 0 Å². The molecule has 3 aliphatic heterocycles. The normalized spacial score (nSPS) is 36.3. The summed E-state index contributed by atoms with van der Waals surface area (Å²) < 4.78 is 0. The lowest BCUT2D eigenvalue weighted by Gasteiger charge is -2.41. The second-order valence-corrected chi connectivity index (χ2v) is 3.94. The van der Waals surface area contributed by atoms with Gasteiger partial charge in [-0.15, -0.1) is 0 Å². The number of hydrazine groups is 1. The molecule has 3 heteroatoms. The van der Waals surface area contributed by atoms with Crippen molar-refractivity contribution in [2.24, 2.45) is 4.99 Å². The quantitative estimate of drug-likeness (QED) is 0.594. The Labute approximate surface area is 73.0 Å². The van der Waals surface area contributed by atoms with Crippen LogP contribution >= 0.6 is 0 Å². The largest absolute Gasteiger partial charge is 0.284 e. The Balaban J connectivity index is 1.70. The van der Waals surface area contributed by atoms with E-state index in [0.29, 0.717) is 6.04 Å². The molecule has 0 radical (unpaired) electrons. The van der Waals surface area contributed by atoms with Crippen molar-refractivity contribution in [3.63, 3.8) is 0 Å². The van der Waals surface area contributed by atoms with Crippen LogP contribution in [0.2, 0.25) is 0 Å². The summed E-state index contributed by atoms with van der Waals surface area (Å²) >= 11 is 0. The zero-order chi connectivity index (χ0) is 7.97. The first-order valence-electron chi connectivity index (χ1n) is 5.00. The van der Waals surface area contributed by atoms with Crippen LogP contribution in [0, 0.1) is 0 Å². The summed E-state index contributed by atoms with van der Waals surface area (Å²) in [6, 6.07) is 0.699. The van der Waals surface area contributed by atoms with Crippen LogP contribution in [0.3, 0.4) is 0 Å². The molecule has 0 N–H and O–H groups in total. The minimum absolute atomic E-state index is 0.699. The maximum absolute atomic E-state index is 4.32. The van der Waals surface area contributed by atoms with Gasteiger partial charge in [0, 0.05) is 19.6 Å².